The molecule has 0 atom stereocenters. The van der Waals surface area contributed by atoms with Crippen molar-refractivity contribution in [1.29, 1.82) is 0 Å². The predicted molar refractivity (Wildman–Crippen MR) is 49.0 cm³/mol. The van der Waals surface area contributed by atoms with Crippen molar-refractivity contribution in [3.8, 4) is 0 Å². The van der Waals surface area contributed by atoms with Crippen LogP contribution < -0.4 is 0 Å². The first-order chi connectivity index (χ1) is 5.61. The summed E-state index contributed by atoms with van der Waals surface area (Å²) in [6, 6.07) is 0. The van der Waals surface area contributed by atoms with E-state index in [0.717, 1.165) is 4.90 Å². The molecule has 1 aliphatic rings. The number of aliphatic carboxylic acids is 1. The van der Waals surface area contributed by atoms with Crippen molar-refractivity contribution in [3.05, 3.63) is 0 Å². The Hall–Kier alpha value is -0.620. The van der Waals surface area contributed by atoms with Gasteiger partial charge in [-0.3, -0.25) is 14.5 Å². The van der Waals surface area contributed by atoms with Gasteiger partial charge in [0.1, 0.15) is 10.9 Å². The highest BCUT2D eigenvalue weighted by atomic mass is 32.2. The van der Waals surface area contributed by atoms with E-state index < -0.39 is 5.97 Å². The smallest absolute Gasteiger partial charge is 0.323 e. The van der Waals surface area contributed by atoms with Crippen LogP contribution in [-0.4, -0.2) is 38.5 Å². The minimum absolute atomic E-state index is 0.193. The van der Waals surface area contributed by atoms with Crippen LogP contribution in [0.1, 0.15) is 6.42 Å². The Balaban J connectivity index is 2.63. The van der Waals surface area contributed by atoms with Gasteiger partial charge in [0.25, 0.3) is 0 Å². The number of hydrogen-bond acceptors (Lipinski definition) is 4. The third-order valence-corrected chi connectivity index (χ3v) is 2.81. The number of carbonyl (C=O) groups excluding carboxylic acids is 1. The lowest BCUT2D eigenvalue weighted by Crippen LogP contribution is -2.41. The maximum Gasteiger partial charge on any atom is 0.323 e. The van der Waals surface area contributed by atoms with Crippen LogP contribution in [0.2, 0.25) is 0 Å². The highest BCUT2D eigenvalue weighted by Crippen LogP contribution is 2.18. The first kappa shape index (κ1) is 9.47. The molecule has 1 N–H and O–H groups in total. The van der Waals surface area contributed by atoms with Crippen LogP contribution in [0.25, 0.3) is 0 Å². The zero-order valence-electron chi connectivity index (χ0n) is 6.15. The van der Waals surface area contributed by atoms with Crippen molar-refractivity contribution in [2.75, 3.05) is 12.3 Å². The molecular weight excluding hydrogens is 198 g/mol. The highest BCUT2D eigenvalue weighted by Gasteiger charge is 2.25. The van der Waals surface area contributed by atoms with Gasteiger partial charge in [-0.2, -0.15) is 0 Å². The molecule has 1 saturated heterocycles. The van der Waals surface area contributed by atoms with Crippen LogP contribution in [0.15, 0.2) is 0 Å². The molecule has 0 aliphatic carbocycles. The van der Waals surface area contributed by atoms with Gasteiger partial charge in [0, 0.05) is 12.2 Å². The normalized spacial score (nSPS) is 18.2. The van der Waals surface area contributed by atoms with Crippen LogP contribution in [0.5, 0.6) is 0 Å². The lowest BCUT2D eigenvalue weighted by molar-refractivity contribution is -0.141. The Morgan fingerprint density at radius 3 is 2.92 bits per heavy atom. The zero-order chi connectivity index (χ0) is 9.14. The van der Waals surface area contributed by atoms with E-state index in [2.05, 4.69) is 0 Å². The molecule has 66 valence electrons. The van der Waals surface area contributed by atoms with Gasteiger partial charge in [-0.1, -0.05) is 24.0 Å². The summed E-state index contributed by atoms with van der Waals surface area (Å²) in [6.45, 7) is -0.315. The zero-order valence-corrected chi connectivity index (χ0v) is 7.78. The van der Waals surface area contributed by atoms with Gasteiger partial charge < -0.3 is 5.11 Å². The number of carboxylic acid groups (broad SMARTS) is 1. The summed E-state index contributed by atoms with van der Waals surface area (Å²) in [6.07, 6.45) is 0.373. The fraction of sp³-hybridized carbons (Fsp3) is 0.500. The summed E-state index contributed by atoms with van der Waals surface area (Å²) in [5, 5.41) is 8.44. The van der Waals surface area contributed by atoms with E-state index >= 15 is 0 Å². The van der Waals surface area contributed by atoms with Crippen molar-refractivity contribution < 1.29 is 14.7 Å². The molecule has 0 bridgehead atoms. The standard InChI is InChI=1S/C6H7NO3S2/c8-4-1-2-12-6(11)7(4)3-5(9)10/h1-3H2,(H,9,10). The van der Waals surface area contributed by atoms with Crippen molar-refractivity contribution in [2.45, 2.75) is 6.42 Å². The minimum atomic E-state index is -1.03. The summed E-state index contributed by atoms with van der Waals surface area (Å²) in [5.74, 6) is -0.567. The van der Waals surface area contributed by atoms with Gasteiger partial charge in [0.05, 0.1) is 0 Å². The van der Waals surface area contributed by atoms with E-state index in [4.69, 9.17) is 17.3 Å². The second-order valence-corrected chi connectivity index (χ2v) is 3.97. The number of hydrogen-bond donors (Lipinski definition) is 1. The van der Waals surface area contributed by atoms with E-state index in [1.54, 1.807) is 0 Å². The van der Waals surface area contributed by atoms with Crippen LogP contribution in [-0.2, 0) is 9.59 Å². The molecular formula is C6H7NO3S2. The summed E-state index contributed by atoms with van der Waals surface area (Å²) in [5.41, 5.74) is 0. The van der Waals surface area contributed by atoms with Gasteiger partial charge in [0.15, 0.2) is 0 Å². The molecule has 1 heterocycles. The monoisotopic (exact) mass is 205 g/mol. The minimum Gasteiger partial charge on any atom is -0.480 e. The van der Waals surface area contributed by atoms with Crippen LogP contribution >= 0.6 is 24.0 Å². The quantitative estimate of drug-likeness (QED) is 0.658. The third kappa shape index (κ3) is 2.18. The molecule has 1 aliphatic heterocycles. The molecule has 0 unspecified atom stereocenters. The van der Waals surface area contributed by atoms with E-state index in [-0.39, 0.29) is 12.5 Å². The molecule has 1 amide bonds. The van der Waals surface area contributed by atoms with Crippen molar-refractivity contribution in [1.82, 2.24) is 4.90 Å². The first-order valence-electron chi connectivity index (χ1n) is 3.30. The van der Waals surface area contributed by atoms with E-state index in [9.17, 15) is 9.59 Å². The Morgan fingerprint density at radius 1 is 1.75 bits per heavy atom. The summed E-state index contributed by atoms with van der Waals surface area (Å²) < 4.78 is 0.369. The molecule has 6 heteroatoms. The fourth-order valence-electron chi connectivity index (χ4n) is 0.828. The first-order valence-corrected chi connectivity index (χ1v) is 4.69. The molecule has 0 aromatic heterocycles. The van der Waals surface area contributed by atoms with Gasteiger partial charge >= 0.3 is 5.97 Å². The molecule has 0 saturated carbocycles. The summed E-state index contributed by atoms with van der Waals surface area (Å²) in [7, 11) is 0. The van der Waals surface area contributed by atoms with Crippen LogP contribution in [0.3, 0.4) is 0 Å². The number of amides is 1. The summed E-state index contributed by atoms with van der Waals surface area (Å²) >= 11 is 6.17. The average molecular weight is 205 g/mol. The maximum absolute atomic E-state index is 11.1. The molecule has 1 fully saturated rings. The molecule has 0 aromatic carbocycles. The van der Waals surface area contributed by atoms with Gasteiger partial charge in [0.2, 0.25) is 5.91 Å². The van der Waals surface area contributed by atoms with Gasteiger partial charge in [-0.05, 0) is 0 Å². The fourth-order valence-corrected chi connectivity index (χ4v) is 2.02. The lowest BCUT2D eigenvalue weighted by Gasteiger charge is -2.24. The predicted octanol–water partition coefficient (Wildman–Crippen LogP) is 0.321. The van der Waals surface area contributed by atoms with E-state index in [1.807, 2.05) is 0 Å². The Kier molecular flexibility index (Phi) is 3.05. The number of thioether (sulfide) groups is 1. The van der Waals surface area contributed by atoms with Crippen LogP contribution in [0.4, 0.5) is 0 Å². The Bertz CT molecular complexity index is 225. The number of thiocarbonyl (C=S) groups is 1. The van der Waals surface area contributed by atoms with Gasteiger partial charge in [-0.25, -0.2) is 0 Å². The van der Waals surface area contributed by atoms with Gasteiger partial charge in [-0.15, -0.1) is 0 Å². The van der Waals surface area contributed by atoms with Crippen LogP contribution in [0, 0.1) is 0 Å². The number of rotatable bonds is 2. The Labute approximate surface area is 78.9 Å². The average Bonchev–Trinajstić information content (AvgIpc) is 1.97. The number of carbonyl (C=O) groups is 2. The Morgan fingerprint density at radius 2 is 2.42 bits per heavy atom. The SMILES string of the molecule is O=C(O)CN1C(=O)CCSC1=S. The largest absolute Gasteiger partial charge is 0.480 e. The highest BCUT2D eigenvalue weighted by molar-refractivity contribution is 8.23. The van der Waals surface area contributed by atoms with E-state index in [1.165, 1.54) is 11.8 Å². The molecule has 1 rings (SSSR count). The number of nitrogens with zero attached hydrogens (tertiary/aromatic N) is 1. The molecule has 12 heavy (non-hydrogen) atoms. The maximum atomic E-state index is 11.1. The number of carboxylic acids is 1. The van der Waals surface area contributed by atoms with Crippen molar-refractivity contribution in [2.24, 2.45) is 0 Å². The molecule has 0 aromatic rings. The molecule has 0 radical (unpaired) electrons. The third-order valence-electron chi connectivity index (χ3n) is 1.36. The second-order valence-electron chi connectivity index (χ2n) is 2.24. The van der Waals surface area contributed by atoms with Crippen molar-refractivity contribution in [3.63, 3.8) is 0 Å². The van der Waals surface area contributed by atoms with E-state index in [0.29, 0.717) is 16.5 Å². The van der Waals surface area contributed by atoms with Crippen molar-refractivity contribution >= 4 is 40.2 Å². The second kappa shape index (κ2) is 3.86. The lowest BCUT2D eigenvalue weighted by atomic mass is 10.4. The molecule has 4 nitrogen and oxygen atoms in total. The topological polar surface area (TPSA) is 57.6 Å². The summed E-state index contributed by atoms with van der Waals surface area (Å²) in [4.78, 5) is 22.5. The molecule has 0 spiro atoms.